The first-order valence-corrected chi connectivity index (χ1v) is 9.99. The van der Waals surface area contributed by atoms with Crippen molar-refractivity contribution < 1.29 is 0 Å². The minimum Gasteiger partial charge on any atom is -0.355 e. The lowest BCUT2D eigenvalue weighted by molar-refractivity contribution is 0.107. The van der Waals surface area contributed by atoms with Crippen molar-refractivity contribution in [2.45, 2.75) is 37.8 Å². The second kappa shape index (κ2) is 8.20. The molecule has 1 aliphatic carbocycles. The number of thioether (sulfide) groups is 1. The predicted molar refractivity (Wildman–Crippen MR) is 99.3 cm³/mol. The van der Waals surface area contributed by atoms with Gasteiger partial charge >= 0.3 is 0 Å². The van der Waals surface area contributed by atoms with E-state index >= 15 is 0 Å². The number of nitrogens with one attached hydrogen (secondary N) is 2. The van der Waals surface area contributed by atoms with E-state index in [0.29, 0.717) is 12.1 Å². The van der Waals surface area contributed by atoms with Crippen LogP contribution in [0.1, 0.15) is 31.5 Å². The van der Waals surface area contributed by atoms with Gasteiger partial charge in [0.1, 0.15) is 12.2 Å². The first kappa shape index (κ1) is 17.5. The lowest BCUT2D eigenvalue weighted by Gasteiger charge is -2.43. The molecule has 2 heterocycles. The summed E-state index contributed by atoms with van der Waals surface area (Å²) >= 11 is 2.08. The third kappa shape index (κ3) is 4.03. The molecule has 1 saturated carbocycles. The van der Waals surface area contributed by atoms with E-state index < -0.39 is 0 Å². The summed E-state index contributed by atoms with van der Waals surface area (Å²) in [4.78, 5) is 11.3. The van der Waals surface area contributed by atoms with E-state index in [1.165, 1.54) is 50.3 Å². The summed E-state index contributed by atoms with van der Waals surface area (Å²) in [5.41, 5.74) is 0.309. The fourth-order valence-corrected chi connectivity index (χ4v) is 4.69. The van der Waals surface area contributed by atoms with Gasteiger partial charge in [0.15, 0.2) is 5.96 Å². The number of aliphatic imine (C=N–C) groups is 1. The van der Waals surface area contributed by atoms with Crippen LogP contribution in [-0.2, 0) is 13.6 Å². The van der Waals surface area contributed by atoms with Gasteiger partial charge in [-0.1, -0.05) is 12.8 Å². The molecule has 2 N–H and O–H groups in total. The molecular formula is C16H29N7S. The van der Waals surface area contributed by atoms with E-state index in [4.69, 9.17) is 0 Å². The van der Waals surface area contributed by atoms with Crippen molar-refractivity contribution in [3.63, 3.8) is 0 Å². The van der Waals surface area contributed by atoms with Crippen LogP contribution in [0.25, 0.3) is 0 Å². The molecule has 8 heteroatoms. The summed E-state index contributed by atoms with van der Waals surface area (Å²) in [6.45, 7) is 4.04. The molecule has 134 valence electrons. The van der Waals surface area contributed by atoms with Gasteiger partial charge in [0, 0.05) is 50.8 Å². The number of nitrogens with zero attached hydrogens (tertiary/aromatic N) is 5. The third-order valence-corrected chi connectivity index (χ3v) is 6.19. The summed E-state index contributed by atoms with van der Waals surface area (Å²) in [5, 5.41) is 11.0. The molecule has 2 aliphatic rings. The number of guanidine groups is 1. The summed E-state index contributed by atoms with van der Waals surface area (Å²) in [5.74, 6) is 4.28. The molecule has 0 bridgehead atoms. The highest BCUT2D eigenvalue weighted by molar-refractivity contribution is 7.99. The Bertz CT molecular complexity index is 544. The van der Waals surface area contributed by atoms with E-state index in [0.717, 1.165) is 18.3 Å². The maximum absolute atomic E-state index is 4.37. The highest BCUT2D eigenvalue weighted by Crippen LogP contribution is 2.36. The smallest absolute Gasteiger partial charge is 0.191 e. The van der Waals surface area contributed by atoms with Crippen molar-refractivity contribution in [3.8, 4) is 0 Å². The first-order chi connectivity index (χ1) is 11.7. The molecule has 2 fully saturated rings. The van der Waals surface area contributed by atoms with Gasteiger partial charge in [-0.2, -0.15) is 16.9 Å². The maximum Gasteiger partial charge on any atom is 0.191 e. The molecule has 7 nitrogen and oxygen atoms in total. The minimum absolute atomic E-state index is 0.309. The lowest BCUT2D eigenvalue weighted by Crippen LogP contribution is -2.57. The molecule has 0 radical (unpaired) electrons. The molecule has 1 saturated heterocycles. The Morgan fingerprint density at radius 3 is 2.67 bits per heavy atom. The Kier molecular flexibility index (Phi) is 5.99. The number of aromatic nitrogens is 3. The molecule has 0 unspecified atom stereocenters. The normalized spacial score (nSPS) is 21.8. The second-order valence-electron chi connectivity index (χ2n) is 6.61. The molecular weight excluding hydrogens is 322 g/mol. The van der Waals surface area contributed by atoms with Crippen LogP contribution in [0, 0.1) is 0 Å². The van der Waals surface area contributed by atoms with Crippen LogP contribution in [0.15, 0.2) is 11.3 Å². The zero-order valence-corrected chi connectivity index (χ0v) is 15.6. The molecule has 3 rings (SSSR count). The van der Waals surface area contributed by atoms with Crippen molar-refractivity contribution in [2.24, 2.45) is 12.0 Å². The van der Waals surface area contributed by atoms with E-state index in [9.17, 15) is 0 Å². The van der Waals surface area contributed by atoms with E-state index in [1.807, 2.05) is 14.1 Å². The third-order valence-electron chi connectivity index (χ3n) is 5.24. The Morgan fingerprint density at radius 1 is 1.29 bits per heavy atom. The summed E-state index contributed by atoms with van der Waals surface area (Å²) in [6, 6.07) is 0. The monoisotopic (exact) mass is 351 g/mol. The van der Waals surface area contributed by atoms with E-state index in [-0.39, 0.29) is 0 Å². The van der Waals surface area contributed by atoms with Gasteiger partial charge in [0.05, 0.1) is 6.54 Å². The van der Waals surface area contributed by atoms with Crippen LogP contribution in [0.3, 0.4) is 0 Å². The zero-order chi connectivity index (χ0) is 16.8. The van der Waals surface area contributed by atoms with Gasteiger partial charge < -0.3 is 10.6 Å². The molecule has 24 heavy (non-hydrogen) atoms. The predicted octanol–water partition coefficient (Wildman–Crippen LogP) is 0.842. The average Bonchev–Trinajstić information content (AvgIpc) is 3.26. The van der Waals surface area contributed by atoms with Gasteiger partial charge in [-0.3, -0.25) is 14.6 Å². The minimum atomic E-state index is 0.309. The molecule has 1 aromatic rings. The molecule has 0 aromatic carbocycles. The number of hydrogen-bond acceptors (Lipinski definition) is 5. The largest absolute Gasteiger partial charge is 0.355 e. The summed E-state index contributed by atoms with van der Waals surface area (Å²) in [7, 11) is 3.73. The van der Waals surface area contributed by atoms with Crippen molar-refractivity contribution >= 4 is 17.7 Å². The lowest BCUT2D eigenvalue weighted by atomic mass is 9.94. The first-order valence-electron chi connectivity index (χ1n) is 8.84. The van der Waals surface area contributed by atoms with Gasteiger partial charge in [0.25, 0.3) is 0 Å². The highest BCUT2D eigenvalue weighted by atomic mass is 32.2. The van der Waals surface area contributed by atoms with Crippen molar-refractivity contribution in [3.05, 3.63) is 12.2 Å². The van der Waals surface area contributed by atoms with Crippen LogP contribution in [0.5, 0.6) is 0 Å². The van der Waals surface area contributed by atoms with Crippen LogP contribution < -0.4 is 10.6 Å². The summed E-state index contributed by atoms with van der Waals surface area (Å²) < 4.78 is 1.78. The Balaban J connectivity index is 1.55. The highest BCUT2D eigenvalue weighted by Gasteiger charge is 2.39. The summed E-state index contributed by atoms with van der Waals surface area (Å²) in [6.07, 6.45) is 6.86. The van der Waals surface area contributed by atoms with Gasteiger partial charge in [-0.05, 0) is 12.8 Å². The SMILES string of the molecule is CN=C(NCc1ncnn1C)NCC1(N2CCSCC2)CCCC1. The molecule has 1 aliphatic heterocycles. The average molecular weight is 352 g/mol. The molecule has 1 aromatic heterocycles. The van der Waals surface area contributed by atoms with Crippen LogP contribution in [-0.4, -0.2) is 69.4 Å². The number of rotatable bonds is 5. The fraction of sp³-hybridized carbons (Fsp3) is 0.812. The van der Waals surface area contributed by atoms with Crippen LogP contribution in [0.2, 0.25) is 0 Å². The number of hydrogen-bond donors (Lipinski definition) is 2. The van der Waals surface area contributed by atoms with Crippen molar-refractivity contribution in [1.82, 2.24) is 30.3 Å². The van der Waals surface area contributed by atoms with Crippen molar-refractivity contribution in [1.29, 1.82) is 0 Å². The van der Waals surface area contributed by atoms with Crippen LogP contribution >= 0.6 is 11.8 Å². The number of aryl methyl sites for hydroxylation is 1. The van der Waals surface area contributed by atoms with Crippen molar-refractivity contribution in [2.75, 3.05) is 38.2 Å². The standard InChI is InChI=1S/C16H29N7S/c1-17-15(18-11-14-20-13-21-22(14)2)19-12-16(5-3-4-6-16)23-7-9-24-10-8-23/h13H,3-12H2,1-2H3,(H2,17,18,19). The van der Waals surface area contributed by atoms with E-state index in [2.05, 4.69) is 42.4 Å². The Labute approximate surface area is 148 Å². The molecule has 0 spiro atoms. The van der Waals surface area contributed by atoms with Gasteiger partial charge in [0.2, 0.25) is 0 Å². The van der Waals surface area contributed by atoms with Gasteiger partial charge in [-0.15, -0.1) is 0 Å². The van der Waals surface area contributed by atoms with E-state index in [1.54, 1.807) is 11.0 Å². The second-order valence-corrected chi connectivity index (χ2v) is 7.83. The maximum atomic E-state index is 4.37. The quantitative estimate of drug-likeness (QED) is 0.605. The topological polar surface area (TPSA) is 70.4 Å². The Morgan fingerprint density at radius 2 is 2.04 bits per heavy atom. The van der Waals surface area contributed by atoms with Crippen LogP contribution in [0.4, 0.5) is 0 Å². The zero-order valence-electron chi connectivity index (χ0n) is 14.8. The molecule has 0 atom stereocenters. The Hall–Kier alpha value is -1.28. The van der Waals surface area contributed by atoms with Gasteiger partial charge in [-0.25, -0.2) is 4.98 Å². The molecule has 0 amide bonds. The fourth-order valence-electron chi connectivity index (χ4n) is 3.79.